The van der Waals surface area contributed by atoms with Gasteiger partial charge in [-0.15, -0.1) is 0 Å². The van der Waals surface area contributed by atoms with Crippen LogP contribution >= 0.6 is 0 Å². The Morgan fingerprint density at radius 2 is 0.778 bits per heavy atom. The Balaban J connectivity index is 1.77. The molecular formula is C46H70O8. The maximum Gasteiger partial charge on any atom is 0.306 e. The molecule has 2 atom stereocenters. The molecule has 3 aromatic rings. The van der Waals surface area contributed by atoms with E-state index in [9.17, 15) is 9.59 Å². The molecule has 302 valence electrons. The maximum absolute atomic E-state index is 12.7. The molecule has 0 aromatic heterocycles. The first-order chi connectivity index (χ1) is 26.5. The molecule has 3 rings (SSSR count). The molecule has 0 bridgehead atoms. The topological polar surface area (TPSA) is 89.5 Å². The van der Waals surface area contributed by atoms with E-state index in [0.717, 1.165) is 72.9 Å². The summed E-state index contributed by atoms with van der Waals surface area (Å²) < 4.78 is 37.1. The summed E-state index contributed by atoms with van der Waals surface area (Å²) in [6.45, 7) is 10.7. The van der Waals surface area contributed by atoms with Crippen molar-refractivity contribution in [1.82, 2.24) is 0 Å². The molecule has 0 aliphatic heterocycles. The Labute approximate surface area is 325 Å². The van der Waals surface area contributed by atoms with E-state index in [1.807, 2.05) is 48.5 Å². The van der Waals surface area contributed by atoms with Crippen LogP contribution in [-0.2, 0) is 28.5 Å². The average molecular weight is 751 g/mol. The number of rotatable bonds is 32. The fraction of sp³-hybridized carbons (Fsp3) is 0.652. The molecule has 0 saturated carbocycles. The highest BCUT2D eigenvalue weighted by Crippen LogP contribution is 2.43. The van der Waals surface area contributed by atoms with Gasteiger partial charge in [0.25, 0.3) is 0 Å². The molecule has 0 radical (unpaired) electrons. The summed E-state index contributed by atoms with van der Waals surface area (Å²) in [5.74, 6) is 0.939. The van der Waals surface area contributed by atoms with E-state index in [-0.39, 0.29) is 38.4 Å². The van der Waals surface area contributed by atoms with Gasteiger partial charge in [-0.05, 0) is 25.7 Å². The van der Waals surface area contributed by atoms with Crippen LogP contribution in [-0.4, -0.2) is 63.8 Å². The highest BCUT2D eigenvalue weighted by molar-refractivity contribution is 6.11. The van der Waals surface area contributed by atoms with Gasteiger partial charge >= 0.3 is 11.9 Å². The number of unbranched alkanes of at least 4 members (excludes halogenated alkanes) is 12. The van der Waals surface area contributed by atoms with Gasteiger partial charge < -0.3 is 28.4 Å². The van der Waals surface area contributed by atoms with Crippen molar-refractivity contribution in [2.75, 3.05) is 39.6 Å². The number of carbonyl (C=O) groups is 2. The number of benzene rings is 3. The molecule has 0 saturated heterocycles. The number of ether oxygens (including phenoxy) is 6. The Morgan fingerprint density at radius 1 is 0.444 bits per heavy atom. The molecule has 0 fully saturated rings. The minimum absolute atomic E-state index is 0.161. The van der Waals surface area contributed by atoms with E-state index in [1.165, 1.54) is 51.4 Å². The zero-order valence-corrected chi connectivity index (χ0v) is 34.0. The SMILES string of the molecule is CCCCCCCCOCC(COc1c2ccccc2c(OCC(COCCCCCCCC)OC(=O)CCCC)c2ccccc12)OC(=O)CCCC. The minimum Gasteiger partial charge on any atom is -0.488 e. The van der Waals surface area contributed by atoms with Gasteiger partial charge in [0.05, 0.1) is 13.2 Å². The zero-order valence-electron chi connectivity index (χ0n) is 34.0. The van der Waals surface area contributed by atoms with Crippen LogP contribution in [0, 0.1) is 0 Å². The average Bonchev–Trinajstić information content (AvgIpc) is 3.19. The molecule has 0 heterocycles. The summed E-state index contributed by atoms with van der Waals surface area (Å²) in [5.41, 5.74) is 0. The molecule has 0 aliphatic carbocycles. The molecule has 8 heteroatoms. The van der Waals surface area contributed by atoms with Crippen molar-refractivity contribution >= 4 is 33.5 Å². The quantitative estimate of drug-likeness (QED) is 0.0354. The third-order valence-electron chi connectivity index (χ3n) is 9.62. The predicted octanol–water partition coefficient (Wildman–Crippen LogP) is 11.7. The zero-order chi connectivity index (χ0) is 38.6. The molecule has 0 amide bonds. The summed E-state index contributed by atoms with van der Waals surface area (Å²) in [6, 6.07) is 16.0. The fourth-order valence-corrected chi connectivity index (χ4v) is 6.47. The summed E-state index contributed by atoms with van der Waals surface area (Å²) in [7, 11) is 0. The first kappa shape index (κ1) is 45.0. The highest BCUT2D eigenvalue weighted by atomic mass is 16.6. The van der Waals surface area contributed by atoms with E-state index in [2.05, 4.69) is 27.7 Å². The van der Waals surface area contributed by atoms with E-state index >= 15 is 0 Å². The lowest BCUT2D eigenvalue weighted by Crippen LogP contribution is -2.30. The Kier molecular flexibility index (Phi) is 23.4. The van der Waals surface area contributed by atoms with Crippen molar-refractivity contribution < 1.29 is 38.0 Å². The predicted molar refractivity (Wildman–Crippen MR) is 220 cm³/mol. The van der Waals surface area contributed by atoms with E-state index in [1.54, 1.807) is 0 Å². The summed E-state index contributed by atoms with van der Waals surface area (Å²) in [4.78, 5) is 25.5. The van der Waals surface area contributed by atoms with Crippen LogP contribution < -0.4 is 9.47 Å². The highest BCUT2D eigenvalue weighted by Gasteiger charge is 2.22. The second-order valence-corrected chi connectivity index (χ2v) is 14.5. The standard InChI is InChI=1S/C46H70O8/c1-5-9-13-15-17-23-31-49-33-37(53-43(47)29-11-7-3)35-51-45-39-25-19-21-27-41(39)46(42-28-22-20-26-40(42)45)52-36-38(54-44(48)30-12-8-4)34-50-32-24-18-16-14-10-6-2/h19-22,25-28,37-38H,5-18,23-24,29-36H2,1-4H3. The largest absolute Gasteiger partial charge is 0.488 e. The third kappa shape index (κ3) is 17.0. The smallest absolute Gasteiger partial charge is 0.306 e. The summed E-state index contributed by atoms with van der Waals surface area (Å²) in [5, 5.41) is 3.52. The number of carbonyl (C=O) groups excluding carboxylic acids is 2. The van der Waals surface area contributed by atoms with Crippen LogP contribution in [0.15, 0.2) is 48.5 Å². The normalized spacial score (nSPS) is 12.5. The third-order valence-corrected chi connectivity index (χ3v) is 9.62. The fourth-order valence-electron chi connectivity index (χ4n) is 6.47. The second kappa shape index (κ2) is 28.1. The van der Waals surface area contributed by atoms with Gasteiger partial charge in [-0.3, -0.25) is 9.59 Å². The Hall–Kier alpha value is -3.36. The number of hydrogen-bond acceptors (Lipinski definition) is 8. The van der Waals surface area contributed by atoms with Gasteiger partial charge in [-0.25, -0.2) is 0 Å². The van der Waals surface area contributed by atoms with Crippen LogP contribution in [0.4, 0.5) is 0 Å². The first-order valence-electron chi connectivity index (χ1n) is 21.3. The van der Waals surface area contributed by atoms with E-state index in [4.69, 9.17) is 28.4 Å². The molecule has 0 spiro atoms. The lowest BCUT2D eigenvalue weighted by atomic mass is 10.0. The lowest BCUT2D eigenvalue weighted by molar-refractivity contribution is -0.155. The number of esters is 2. The molecular weight excluding hydrogens is 680 g/mol. The van der Waals surface area contributed by atoms with Gasteiger partial charge in [0.15, 0.2) is 12.2 Å². The molecule has 3 aromatic carbocycles. The summed E-state index contributed by atoms with van der Waals surface area (Å²) in [6.07, 6.45) is 17.3. The van der Waals surface area contributed by atoms with E-state index < -0.39 is 12.2 Å². The monoisotopic (exact) mass is 751 g/mol. The van der Waals surface area contributed by atoms with Crippen molar-refractivity contribution in [2.45, 2.75) is 155 Å². The molecule has 54 heavy (non-hydrogen) atoms. The van der Waals surface area contributed by atoms with Gasteiger partial charge in [-0.2, -0.15) is 0 Å². The second-order valence-electron chi connectivity index (χ2n) is 14.5. The van der Waals surface area contributed by atoms with Crippen LogP contribution in [0.3, 0.4) is 0 Å². The Bertz CT molecular complexity index is 1290. The Morgan fingerprint density at radius 3 is 1.13 bits per heavy atom. The van der Waals surface area contributed by atoms with Crippen molar-refractivity contribution in [2.24, 2.45) is 0 Å². The van der Waals surface area contributed by atoms with Crippen molar-refractivity contribution in [1.29, 1.82) is 0 Å². The van der Waals surface area contributed by atoms with Crippen LogP contribution in [0.2, 0.25) is 0 Å². The van der Waals surface area contributed by atoms with E-state index in [0.29, 0.717) is 37.6 Å². The molecule has 8 nitrogen and oxygen atoms in total. The van der Waals surface area contributed by atoms with Gasteiger partial charge in [0.2, 0.25) is 0 Å². The maximum atomic E-state index is 12.7. The van der Waals surface area contributed by atoms with Crippen LogP contribution in [0.5, 0.6) is 11.5 Å². The van der Waals surface area contributed by atoms with Gasteiger partial charge in [-0.1, -0.05) is 153 Å². The van der Waals surface area contributed by atoms with Crippen LogP contribution in [0.1, 0.15) is 143 Å². The lowest BCUT2D eigenvalue weighted by Gasteiger charge is -2.23. The van der Waals surface area contributed by atoms with Gasteiger partial charge in [0, 0.05) is 47.6 Å². The van der Waals surface area contributed by atoms with Crippen LogP contribution in [0.25, 0.3) is 21.5 Å². The first-order valence-corrected chi connectivity index (χ1v) is 21.3. The molecule has 0 N–H and O–H groups in total. The molecule has 0 aliphatic rings. The van der Waals surface area contributed by atoms with Crippen molar-refractivity contribution in [3.63, 3.8) is 0 Å². The van der Waals surface area contributed by atoms with Crippen molar-refractivity contribution in [3.05, 3.63) is 48.5 Å². The van der Waals surface area contributed by atoms with Crippen molar-refractivity contribution in [3.8, 4) is 11.5 Å². The molecule has 2 unspecified atom stereocenters. The minimum atomic E-state index is -0.539. The number of hydrogen-bond donors (Lipinski definition) is 0. The van der Waals surface area contributed by atoms with Gasteiger partial charge in [0.1, 0.15) is 24.7 Å². The summed E-state index contributed by atoms with van der Waals surface area (Å²) >= 11 is 0. The number of fused-ring (bicyclic) bond motifs is 2.